The lowest BCUT2D eigenvalue weighted by Crippen LogP contribution is -2.50. The zero-order chi connectivity index (χ0) is 20.6. The van der Waals surface area contributed by atoms with Crippen molar-refractivity contribution in [2.45, 2.75) is 57.0 Å². The second-order valence-corrected chi connectivity index (χ2v) is 7.80. The molecule has 2 unspecified atom stereocenters. The molecule has 2 amide bonds. The van der Waals surface area contributed by atoms with Gasteiger partial charge in [-0.05, 0) is 37.6 Å². The van der Waals surface area contributed by atoms with Crippen molar-refractivity contribution in [3.8, 4) is 0 Å². The van der Waals surface area contributed by atoms with E-state index in [1.807, 2.05) is 6.92 Å². The summed E-state index contributed by atoms with van der Waals surface area (Å²) >= 11 is 0. The number of benzene rings is 1. The Bertz CT molecular complexity index is 776. The second-order valence-electron chi connectivity index (χ2n) is 6.09. The summed E-state index contributed by atoms with van der Waals surface area (Å²) in [5.74, 6) is -2.18. The molecule has 4 N–H and O–H groups in total. The fourth-order valence-corrected chi connectivity index (χ4v) is 3.44. The van der Waals surface area contributed by atoms with Gasteiger partial charge in [-0.3, -0.25) is 9.59 Å². The van der Waals surface area contributed by atoms with Gasteiger partial charge in [0, 0.05) is 12.6 Å². The van der Waals surface area contributed by atoms with Gasteiger partial charge in [-0.15, -0.1) is 0 Å². The van der Waals surface area contributed by atoms with Gasteiger partial charge in [0.1, 0.15) is 6.04 Å². The summed E-state index contributed by atoms with van der Waals surface area (Å²) < 4.78 is 27.0. The van der Waals surface area contributed by atoms with Crippen molar-refractivity contribution in [1.82, 2.24) is 10.0 Å². The zero-order valence-electron chi connectivity index (χ0n) is 15.5. The van der Waals surface area contributed by atoms with E-state index in [2.05, 4.69) is 15.4 Å². The van der Waals surface area contributed by atoms with Crippen molar-refractivity contribution in [2.75, 3.05) is 5.32 Å². The maximum absolute atomic E-state index is 12.4. The fraction of sp³-hybridized carbons (Fsp3) is 0.471. The molecule has 0 heterocycles. The Morgan fingerprint density at radius 2 is 1.74 bits per heavy atom. The van der Waals surface area contributed by atoms with Crippen LogP contribution in [0.5, 0.6) is 0 Å². The highest BCUT2D eigenvalue weighted by molar-refractivity contribution is 7.89. The summed E-state index contributed by atoms with van der Waals surface area (Å²) in [6.07, 6.45) is 1.66. The Balaban J connectivity index is 2.78. The van der Waals surface area contributed by atoms with Crippen LogP contribution >= 0.6 is 0 Å². The number of rotatable bonds is 10. The van der Waals surface area contributed by atoms with Gasteiger partial charge in [0.25, 0.3) is 0 Å². The molecule has 1 rings (SSSR count). The molecule has 0 aliphatic carbocycles. The maximum atomic E-state index is 12.4. The van der Waals surface area contributed by atoms with E-state index in [9.17, 15) is 22.8 Å². The lowest BCUT2D eigenvalue weighted by molar-refractivity contribution is -0.142. The molecule has 0 aliphatic rings. The van der Waals surface area contributed by atoms with E-state index in [1.165, 1.54) is 38.1 Å². The first-order valence-electron chi connectivity index (χ1n) is 8.50. The van der Waals surface area contributed by atoms with Gasteiger partial charge in [0.15, 0.2) is 0 Å². The molecule has 10 heteroatoms. The molecule has 150 valence electrons. The maximum Gasteiger partial charge on any atom is 0.326 e. The van der Waals surface area contributed by atoms with Gasteiger partial charge in [0.05, 0.1) is 10.9 Å². The number of anilines is 1. The number of hydrogen-bond donors (Lipinski definition) is 4. The fourth-order valence-electron chi connectivity index (χ4n) is 2.24. The van der Waals surface area contributed by atoms with Gasteiger partial charge in [-0.25, -0.2) is 13.2 Å². The first kappa shape index (κ1) is 22.6. The van der Waals surface area contributed by atoms with E-state index in [4.69, 9.17) is 5.11 Å². The number of sulfonamides is 1. The molecule has 2 atom stereocenters. The Hall–Kier alpha value is -2.46. The minimum Gasteiger partial charge on any atom is -0.480 e. The third-order valence-electron chi connectivity index (χ3n) is 3.67. The molecule has 1 aromatic rings. The Morgan fingerprint density at radius 1 is 1.15 bits per heavy atom. The van der Waals surface area contributed by atoms with E-state index >= 15 is 0 Å². The molecule has 0 aliphatic heterocycles. The highest BCUT2D eigenvalue weighted by Gasteiger charge is 2.26. The molecule has 9 nitrogen and oxygen atoms in total. The van der Waals surface area contributed by atoms with Crippen molar-refractivity contribution in [2.24, 2.45) is 0 Å². The first-order valence-corrected chi connectivity index (χ1v) is 9.98. The average Bonchev–Trinajstić information content (AvgIpc) is 2.57. The number of hydrogen-bond acceptors (Lipinski definition) is 5. The molecule has 0 saturated carbocycles. The number of aliphatic carboxylic acids is 1. The predicted octanol–water partition coefficient (Wildman–Crippen LogP) is 1.07. The molecule has 0 saturated heterocycles. The monoisotopic (exact) mass is 399 g/mol. The molecule has 27 heavy (non-hydrogen) atoms. The summed E-state index contributed by atoms with van der Waals surface area (Å²) in [6.45, 7) is 4.56. The van der Waals surface area contributed by atoms with Crippen LogP contribution in [0.4, 0.5) is 5.69 Å². The number of carbonyl (C=O) groups excluding carboxylic acids is 2. The highest BCUT2D eigenvalue weighted by atomic mass is 32.2. The van der Waals surface area contributed by atoms with Crippen molar-refractivity contribution < 1.29 is 27.9 Å². The Labute approximate surface area is 158 Å². The minimum atomic E-state index is -3.99. The predicted molar refractivity (Wildman–Crippen MR) is 99.6 cm³/mol. The largest absolute Gasteiger partial charge is 0.480 e. The van der Waals surface area contributed by atoms with Crippen LogP contribution in [0.2, 0.25) is 0 Å². The number of carboxylic acids is 1. The van der Waals surface area contributed by atoms with Gasteiger partial charge < -0.3 is 15.7 Å². The van der Waals surface area contributed by atoms with Crippen LogP contribution in [0.15, 0.2) is 29.2 Å². The first-order chi connectivity index (χ1) is 12.6. The second kappa shape index (κ2) is 10.0. The lowest BCUT2D eigenvalue weighted by Gasteiger charge is -2.18. The molecule has 0 aromatic heterocycles. The molecule has 0 radical (unpaired) electrons. The van der Waals surface area contributed by atoms with Crippen LogP contribution < -0.4 is 15.4 Å². The van der Waals surface area contributed by atoms with E-state index in [-0.39, 0.29) is 17.2 Å². The average molecular weight is 399 g/mol. The smallest absolute Gasteiger partial charge is 0.326 e. The van der Waals surface area contributed by atoms with Crippen molar-refractivity contribution >= 4 is 33.5 Å². The summed E-state index contributed by atoms with van der Waals surface area (Å²) in [5, 5.41) is 14.0. The van der Waals surface area contributed by atoms with Crippen LogP contribution in [-0.2, 0) is 24.4 Å². The van der Waals surface area contributed by atoms with Gasteiger partial charge >= 0.3 is 5.97 Å². The molecule has 0 fully saturated rings. The van der Waals surface area contributed by atoms with E-state index in [0.29, 0.717) is 12.1 Å². The van der Waals surface area contributed by atoms with Crippen molar-refractivity contribution in [3.63, 3.8) is 0 Å². The van der Waals surface area contributed by atoms with Crippen LogP contribution in [0.3, 0.4) is 0 Å². The summed E-state index contributed by atoms with van der Waals surface area (Å²) in [4.78, 5) is 34.3. The van der Waals surface area contributed by atoms with Gasteiger partial charge in [-0.2, -0.15) is 4.72 Å². The topological polar surface area (TPSA) is 142 Å². The number of amides is 2. The number of nitrogens with one attached hydrogen (secondary N) is 3. The summed E-state index contributed by atoms with van der Waals surface area (Å²) in [6, 6.07) is 3.20. The minimum absolute atomic E-state index is 0.0861. The van der Waals surface area contributed by atoms with E-state index in [1.54, 1.807) is 0 Å². The third kappa shape index (κ3) is 7.35. The number of carbonyl (C=O) groups is 3. The molecular formula is C17H25N3O6S. The normalized spacial score (nSPS) is 13.4. The molecule has 0 bridgehead atoms. The van der Waals surface area contributed by atoms with Crippen LogP contribution in [0.25, 0.3) is 0 Å². The number of carboxylic acid groups (broad SMARTS) is 1. The highest BCUT2D eigenvalue weighted by Crippen LogP contribution is 2.14. The van der Waals surface area contributed by atoms with E-state index in [0.717, 1.165) is 6.42 Å². The molecular weight excluding hydrogens is 374 g/mol. The SMILES string of the molecule is CCCCC(NC(=O)C(C)NS(=O)(=O)c1ccc(NC(C)=O)cc1)C(=O)O. The molecule has 0 spiro atoms. The molecule has 1 aromatic carbocycles. The van der Waals surface area contributed by atoms with Crippen LogP contribution in [0, 0.1) is 0 Å². The zero-order valence-corrected chi connectivity index (χ0v) is 16.3. The standard InChI is InChI=1S/C17H25N3O6S/c1-4-5-6-15(17(23)24)19-16(22)11(2)20-27(25,26)14-9-7-13(8-10-14)18-12(3)21/h7-11,15,20H,4-6H2,1-3H3,(H,18,21)(H,19,22)(H,23,24). The van der Waals surface area contributed by atoms with Gasteiger partial charge in [-0.1, -0.05) is 19.8 Å². The summed E-state index contributed by atoms with van der Waals surface area (Å²) in [5.41, 5.74) is 0.437. The van der Waals surface area contributed by atoms with Gasteiger partial charge in [0.2, 0.25) is 21.8 Å². The number of unbranched alkanes of at least 4 members (excludes halogenated alkanes) is 1. The quantitative estimate of drug-likeness (QED) is 0.464. The Kier molecular flexibility index (Phi) is 8.38. The third-order valence-corrected chi connectivity index (χ3v) is 5.23. The van der Waals surface area contributed by atoms with Crippen molar-refractivity contribution in [1.29, 1.82) is 0 Å². The van der Waals surface area contributed by atoms with Crippen LogP contribution in [0.1, 0.15) is 40.0 Å². The van der Waals surface area contributed by atoms with Crippen LogP contribution in [-0.4, -0.2) is 43.4 Å². The van der Waals surface area contributed by atoms with Crippen molar-refractivity contribution in [3.05, 3.63) is 24.3 Å². The lowest BCUT2D eigenvalue weighted by atomic mass is 10.1. The van der Waals surface area contributed by atoms with E-state index < -0.39 is 34.0 Å². The Morgan fingerprint density at radius 3 is 2.22 bits per heavy atom. The summed E-state index contributed by atoms with van der Waals surface area (Å²) in [7, 11) is -3.99.